The van der Waals surface area contributed by atoms with Gasteiger partial charge in [0.2, 0.25) is 0 Å². The predicted molar refractivity (Wildman–Crippen MR) is 207 cm³/mol. The molecule has 0 saturated heterocycles. The average Bonchev–Trinajstić information content (AvgIpc) is 3.05. The summed E-state index contributed by atoms with van der Waals surface area (Å²) < 4.78 is 25.4. The number of allylic oxidation sites excluding steroid dienone is 2. The van der Waals surface area contributed by atoms with Crippen LogP contribution in [0.3, 0.4) is 0 Å². The zero-order valence-corrected chi connectivity index (χ0v) is 33.0. The summed E-state index contributed by atoms with van der Waals surface area (Å²) in [5, 5.41) is 2.40. The number of carbonyl (C=O) groups is 1. The fourth-order valence-electron chi connectivity index (χ4n) is 7.66. The van der Waals surface area contributed by atoms with E-state index in [1.165, 1.54) is 15.9 Å². The van der Waals surface area contributed by atoms with Crippen molar-refractivity contribution in [2.24, 2.45) is 29.1 Å². The van der Waals surface area contributed by atoms with E-state index in [1.807, 2.05) is 26.8 Å². The number of esters is 1. The van der Waals surface area contributed by atoms with Crippen molar-refractivity contribution in [1.29, 1.82) is 0 Å². The molecule has 1 aliphatic rings. The van der Waals surface area contributed by atoms with Crippen molar-refractivity contribution in [3.63, 3.8) is 0 Å². The van der Waals surface area contributed by atoms with Crippen molar-refractivity contribution in [1.82, 2.24) is 0 Å². The molecular weight excluding hydrogens is 625 g/mol. The van der Waals surface area contributed by atoms with Crippen molar-refractivity contribution in [2.45, 2.75) is 111 Å². The van der Waals surface area contributed by atoms with Crippen molar-refractivity contribution >= 4 is 24.7 Å². The molecule has 1 aliphatic carbocycles. The minimum Gasteiger partial charge on any atom is -0.459 e. The highest BCUT2D eigenvalue weighted by Crippen LogP contribution is 2.46. The van der Waals surface area contributed by atoms with Crippen molar-refractivity contribution in [3.8, 4) is 0 Å². The van der Waals surface area contributed by atoms with Crippen LogP contribution in [0.15, 0.2) is 97.6 Å². The Morgan fingerprint density at radius 3 is 1.96 bits per heavy atom. The molecule has 6 atom stereocenters. The van der Waals surface area contributed by atoms with E-state index in [1.54, 1.807) is 13.2 Å². The largest absolute Gasteiger partial charge is 0.459 e. The summed E-state index contributed by atoms with van der Waals surface area (Å²) >= 11 is 0. The first-order valence-corrected chi connectivity index (χ1v) is 20.0. The van der Waals surface area contributed by atoms with Gasteiger partial charge in [-0.1, -0.05) is 119 Å². The van der Waals surface area contributed by atoms with E-state index in [2.05, 4.69) is 121 Å². The summed E-state index contributed by atoms with van der Waals surface area (Å²) in [6.45, 7) is 27.9. The lowest BCUT2D eigenvalue weighted by Crippen LogP contribution is -2.67. The second-order valence-corrected chi connectivity index (χ2v) is 20.5. The van der Waals surface area contributed by atoms with E-state index in [4.69, 9.17) is 18.6 Å². The van der Waals surface area contributed by atoms with Crippen LogP contribution in [0.5, 0.6) is 0 Å². The first-order chi connectivity index (χ1) is 23.1. The molecule has 0 amide bonds. The lowest BCUT2D eigenvalue weighted by Gasteiger charge is -2.47. The normalized spacial score (nSPS) is 20.6. The van der Waals surface area contributed by atoms with E-state index in [0.29, 0.717) is 18.3 Å². The average molecular weight is 689 g/mol. The van der Waals surface area contributed by atoms with Crippen LogP contribution in [-0.2, 0) is 23.4 Å². The SMILES string of the molecule is C=CC[C@H](C[C@H]1C(C)=CC[C@H](C(C)C)[C@H]1C[C@@H](OC(=O)C(C)(C)C)[C@@H](C=C)OCOC)O[Si](c1ccccc1)(c1ccccc1)C(C)(C)C. The third-order valence-electron chi connectivity index (χ3n) is 10.3. The van der Waals surface area contributed by atoms with Crippen LogP contribution in [0.1, 0.15) is 88.0 Å². The molecule has 5 nitrogen and oxygen atoms in total. The summed E-state index contributed by atoms with van der Waals surface area (Å²) in [6, 6.07) is 21.7. The second kappa shape index (κ2) is 17.9. The van der Waals surface area contributed by atoms with Gasteiger partial charge in [-0.15, -0.1) is 13.2 Å². The highest BCUT2D eigenvalue weighted by Gasteiger charge is 2.52. The number of ether oxygens (including phenoxy) is 3. The lowest BCUT2D eigenvalue weighted by atomic mass is 9.64. The molecule has 0 spiro atoms. The van der Waals surface area contributed by atoms with Gasteiger partial charge >= 0.3 is 5.97 Å². The minimum absolute atomic E-state index is 0.0684. The van der Waals surface area contributed by atoms with Crippen LogP contribution in [0.2, 0.25) is 5.04 Å². The number of hydrogen-bond acceptors (Lipinski definition) is 5. The third-order valence-corrected chi connectivity index (χ3v) is 15.4. The van der Waals surface area contributed by atoms with Gasteiger partial charge in [0.1, 0.15) is 19.0 Å². The second-order valence-electron chi connectivity index (χ2n) is 16.2. The van der Waals surface area contributed by atoms with Crippen LogP contribution in [0, 0.1) is 29.1 Å². The van der Waals surface area contributed by atoms with Gasteiger partial charge in [0.05, 0.1) is 5.41 Å². The zero-order valence-electron chi connectivity index (χ0n) is 32.0. The molecule has 0 fully saturated rings. The number of carbonyl (C=O) groups excluding carboxylic acids is 1. The Labute approximate surface area is 299 Å². The summed E-state index contributed by atoms with van der Waals surface area (Å²) in [6.07, 6.45) is 8.34. The van der Waals surface area contributed by atoms with Crippen molar-refractivity contribution in [3.05, 3.63) is 97.6 Å². The van der Waals surface area contributed by atoms with Gasteiger partial charge in [0.25, 0.3) is 8.32 Å². The molecule has 0 N–H and O–H groups in total. The molecule has 0 radical (unpaired) electrons. The molecule has 0 unspecified atom stereocenters. The first kappa shape index (κ1) is 40.7. The number of methoxy groups -OCH3 is 1. The standard InChI is InChI=1S/C43H64O5Si/c1-13-21-33(48-49(43(9,10)11,34-22-17-15-18-23-34)35-24-19-16-20-25-35)28-37-32(5)26-27-36(31(3)4)38(37)29-40(39(14-2)46-30-45-12)47-41(44)42(6,7)8/h13-20,22-26,31,33,36-40H,1-2,21,27-30H2,3-12H3/t33-,36-,37+,38-,39-,40-/m1/s1. The van der Waals surface area contributed by atoms with Crippen LogP contribution in [-0.4, -0.2) is 46.5 Å². The Morgan fingerprint density at radius 2 is 1.51 bits per heavy atom. The Morgan fingerprint density at radius 1 is 0.939 bits per heavy atom. The highest BCUT2D eigenvalue weighted by atomic mass is 28.4. The smallest absolute Gasteiger partial charge is 0.311 e. The molecule has 0 bridgehead atoms. The van der Waals surface area contributed by atoms with Gasteiger partial charge in [-0.05, 0) is 92.5 Å². The van der Waals surface area contributed by atoms with Crippen LogP contribution < -0.4 is 10.4 Å². The molecule has 2 aromatic rings. The van der Waals surface area contributed by atoms with E-state index in [0.717, 1.165) is 19.3 Å². The van der Waals surface area contributed by atoms with Crippen LogP contribution >= 0.6 is 0 Å². The number of benzene rings is 2. The molecule has 0 aromatic heterocycles. The maximum atomic E-state index is 13.4. The van der Waals surface area contributed by atoms with Gasteiger partial charge in [-0.25, -0.2) is 0 Å². The molecule has 0 saturated carbocycles. The monoisotopic (exact) mass is 688 g/mol. The quantitative estimate of drug-likeness (QED) is 0.0718. The Bertz CT molecular complexity index is 1310. The Balaban J connectivity index is 2.13. The summed E-state index contributed by atoms with van der Waals surface area (Å²) in [5.74, 6) is 1.04. The molecule has 270 valence electrons. The Hall–Kier alpha value is -2.77. The van der Waals surface area contributed by atoms with Crippen LogP contribution in [0.25, 0.3) is 0 Å². The van der Waals surface area contributed by atoms with Gasteiger partial charge < -0.3 is 18.6 Å². The maximum Gasteiger partial charge on any atom is 0.311 e. The summed E-state index contributed by atoms with van der Waals surface area (Å²) in [5.41, 5.74) is 0.722. The van der Waals surface area contributed by atoms with Gasteiger partial charge in [0.15, 0.2) is 0 Å². The van der Waals surface area contributed by atoms with Crippen LogP contribution in [0.4, 0.5) is 0 Å². The van der Waals surface area contributed by atoms with Gasteiger partial charge in [0, 0.05) is 13.2 Å². The fourth-order valence-corrected chi connectivity index (χ4v) is 12.4. The van der Waals surface area contributed by atoms with Gasteiger partial charge in [-0.3, -0.25) is 4.79 Å². The molecular formula is C43H64O5Si. The van der Waals surface area contributed by atoms with E-state index in [9.17, 15) is 4.79 Å². The number of hydrogen-bond donors (Lipinski definition) is 0. The molecule has 0 heterocycles. The molecule has 3 rings (SSSR count). The Kier molecular flexibility index (Phi) is 14.9. The van der Waals surface area contributed by atoms with E-state index in [-0.39, 0.29) is 35.7 Å². The van der Waals surface area contributed by atoms with Gasteiger partial charge in [-0.2, -0.15) is 0 Å². The molecule has 2 aromatic carbocycles. The topological polar surface area (TPSA) is 54.0 Å². The number of rotatable bonds is 17. The van der Waals surface area contributed by atoms with Crippen molar-refractivity contribution in [2.75, 3.05) is 13.9 Å². The first-order valence-electron chi connectivity index (χ1n) is 18.1. The van der Waals surface area contributed by atoms with E-state index < -0.39 is 25.9 Å². The highest BCUT2D eigenvalue weighted by molar-refractivity contribution is 6.99. The molecule has 49 heavy (non-hydrogen) atoms. The lowest BCUT2D eigenvalue weighted by molar-refractivity contribution is -0.172. The fraction of sp³-hybridized carbons (Fsp3) is 0.558. The molecule has 0 aliphatic heterocycles. The summed E-state index contributed by atoms with van der Waals surface area (Å²) in [7, 11) is -1.21. The summed E-state index contributed by atoms with van der Waals surface area (Å²) in [4.78, 5) is 13.4. The predicted octanol–water partition coefficient (Wildman–Crippen LogP) is 9.28. The maximum absolute atomic E-state index is 13.4. The third kappa shape index (κ3) is 10.2. The van der Waals surface area contributed by atoms with Crippen molar-refractivity contribution < 1.29 is 23.4 Å². The van der Waals surface area contributed by atoms with E-state index >= 15 is 0 Å². The molecule has 6 heteroatoms. The zero-order chi connectivity index (χ0) is 36.4. The minimum atomic E-state index is -2.81.